The van der Waals surface area contributed by atoms with Gasteiger partial charge < -0.3 is 25.0 Å². The van der Waals surface area contributed by atoms with Crippen molar-refractivity contribution in [2.75, 3.05) is 50.3 Å². The van der Waals surface area contributed by atoms with Crippen LogP contribution in [0.2, 0.25) is 0 Å². The molecule has 3 N–H and O–H groups in total. The second-order valence-electron chi connectivity index (χ2n) is 8.17. The standard InChI is InChI=1S/C25H27N5O5S/c1-30(11-13-34-14-12-31)19-7-3-17(4-8-19)21-15-23(35-29-21)24-25(26)27-16-22(28-24)18-5-9-20(10-6-18)36(2,32)33/h3-10,15-16,31H,11-14H2,1-2H3,(H2,26,27). The van der Waals surface area contributed by atoms with Gasteiger partial charge in [0, 0.05) is 42.7 Å². The first-order valence-corrected chi connectivity index (χ1v) is 13.1. The molecule has 0 atom stereocenters. The predicted molar refractivity (Wildman–Crippen MR) is 137 cm³/mol. The van der Waals surface area contributed by atoms with Gasteiger partial charge >= 0.3 is 0 Å². The monoisotopic (exact) mass is 509 g/mol. The van der Waals surface area contributed by atoms with Crippen LogP contribution in [0.15, 0.2) is 70.2 Å². The molecule has 0 saturated carbocycles. The number of aliphatic hydroxyl groups is 1. The highest BCUT2D eigenvalue weighted by Gasteiger charge is 2.16. The van der Waals surface area contributed by atoms with E-state index in [1.165, 1.54) is 18.3 Å². The number of aliphatic hydroxyl groups excluding tert-OH is 1. The summed E-state index contributed by atoms with van der Waals surface area (Å²) >= 11 is 0. The van der Waals surface area contributed by atoms with Crippen LogP contribution in [0.25, 0.3) is 34.0 Å². The van der Waals surface area contributed by atoms with E-state index in [1.807, 2.05) is 31.3 Å². The Kier molecular flexibility index (Phi) is 7.63. The number of sulfone groups is 1. The third-order valence-corrected chi connectivity index (χ3v) is 6.66. The van der Waals surface area contributed by atoms with Gasteiger partial charge in [-0.1, -0.05) is 29.4 Å². The molecule has 0 aliphatic heterocycles. The Balaban J connectivity index is 1.52. The Morgan fingerprint density at radius 2 is 1.69 bits per heavy atom. The molecule has 0 bridgehead atoms. The Hall–Kier alpha value is -3.80. The van der Waals surface area contributed by atoms with E-state index in [0.29, 0.717) is 48.2 Å². The molecule has 4 rings (SSSR count). The molecule has 0 spiro atoms. The third kappa shape index (κ3) is 5.88. The van der Waals surface area contributed by atoms with Crippen LogP contribution in [-0.2, 0) is 14.6 Å². The van der Waals surface area contributed by atoms with Gasteiger partial charge in [-0.15, -0.1) is 0 Å². The lowest BCUT2D eigenvalue weighted by atomic mass is 10.1. The Bertz CT molecular complexity index is 1420. The molecule has 4 aromatic rings. The second-order valence-corrected chi connectivity index (χ2v) is 10.2. The summed E-state index contributed by atoms with van der Waals surface area (Å²) < 4.78 is 34.3. The largest absolute Gasteiger partial charge is 0.394 e. The molecule has 0 aliphatic carbocycles. The highest BCUT2D eigenvalue weighted by Crippen LogP contribution is 2.30. The molecule has 11 heteroatoms. The van der Waals surface area contributed by atoms with E-state index in [0.717, 1.165) is 17.5 Å². The first kappa shape index (κ1) is 25.3. The van der Waals surface area contributed by atoms with Crippen LogP contribution < -0.4 is 10.6 Å². The number of hydrogen-bond donors (Lipinski definition) is 2. The van der Waals surface area contributed by atoms with Crippen molar-refractivity contribution >= 4 is 21.3 Å². The zero-order chi connectivity index (χ0) is 25.7. The lowest BCUT2D eigenvalue weighted by molar-refractivity contribution is 0.0971. The van der Waals surface area contributed by atoms with Crippen molar-refractivity contribution in [3.8, 4) is 34.0 Å². The molecule has 36 heavy (non-hydrogen) atoms. The topological polar surface area (TPSA) is 145 Å². The van der Waals surface area contributed by atoms with E-state index >= 15 is 0 Å². The summed E-state index contributed by atoms with van der Waals surface area (Å²) in [7, 11) is -1.33. The average molecular weight is 510 g/mol. The number of hydrogen-bond acceptors (Lipinski definition) is 10. The average Bonchev–Trinajstić information content (AvgIpc) is 3.36. The van der Waals surface area contributed by atoms with Crippen molar-refractivity contribution < 1.29 is 22.8 Å². The zero-order valence-electron chi connectivity index (χ0n) is 20.0. The summed E-state index contributed by atoms with van der Waals surface area (Å²) in [6.07, 6.45) is 2.68. The molecular weight excluding hydrogens is 482 g/mol. The molecule has 2 aromatic carbocycles. The van der Waals surface area contributed by atoms with Gasteiger partial charge in [0.2, 0.25) is 0 Å². The van der Waals surface area contributed by atoms with Crippen LogP contribution in [0.4, 0.5) is 11.5 Å². The van der Waals surface area contributed by atoms with Gasteiger partial charge in [-0.05, 0) is 24.3 Å². The van der Waals surface area contributed by atoms with E-state index in [9.17, 15) is 8.42 Å². The van der Waals surface area contributed by atoms with Crippen LogP contribution in [0.3, 0.4) is 0 Å². The van der Waals surface area contributed by atoms with Gasteiger partial charge in [-0.3, -0.25) is 0 Å². The van der Waals surface area contributed by atoms with Crippen LogP contribution in [-0.4, -0.2) is 68.3 Å². The normalized spacial score (nSPS) is 11.5. The van der Waals surface area contributed by atoms with Gasteiger partial charge in [-0.25, -0.2) is 18.4 Å². The lowest BCUT2D eigenvalue weighted by Crippen LogP contribution is -2.23. The number of likely N-dealkylation sites (N-methyl/N-ethyl adjacent to an activating group) is 1. The van der Waals surface area contributed by atoms with E-state index in [-0.39, 0.29) is 17.3 Å². The Labute approximate surface area is 209 Å². The van der Waals surface area contributed by atoms with Crippen molar-refractivity contribution in [3.63, 3.8) is 0 Å². The smallest absolute Gasteiger partial charge is 0.189 e. The van der Waals surface area contributed by atoms with Crippen LogP contribution >= 0.6 is 0 Å². The second kappa shape index (κ2) is 10.9. The first-order valence-electron chi connectivity index (χ1n) is 11.2. The molecule has 2 aromatic heterocycles. The summed E-state index contributed by atoms with van der Waals surface area (Å²) in [4.78, 5) is 11.1. The quantitative estimate of drug-likeness (QED) is 0.306. The lowest BCUT2D eigenvalue weighted by Gasteiger charge is -2.19. The van der Waals surface area contributed by atoms with Crippen LogP contribution in [0.5, 0.6) is 0 Å². The zero-order valence-corrected chi connectivity index (χ0v) is 20.8. The maximum atomic E-state index is 11.7. The predicted octanol–water partition coefficient (Wildman–Crippen LogP) is 2.90. The van der Waals surface area contributed by atoms with Gasteiger partial charge in [0.25, 0.3) is 0 Å². The van der Waals surface area contributed by atoms with E-state index in [4.69, 9.17) is 20.1 Å². The number of ether oxygens (including phenoxy) is 1. The van der Waals surface area contributed by atoms with Crippen LogP contribution in [0, 0.1) is 0 Å². The first-order chi connectivity index (χ1) is 17.3. The highest BCUT2D eigenvalue weighted by molar-refractivity contribution is 7.90. The third-order valence-electron chi connectivity index (χ3n) is 5.53. The fraction of sp³-hybridized carbons (Fsp3) is 0.240. The van der Waals surface area contributed by atoms with Crippen molar-refractivity contribution in [1.29, 1.82) is 0 Å². The summed E-state index contributed by atoms with van der Waals surface area (Å²) in [5, 5.41) is 13.0. The Morgan fingerprint density at radius 1 is 1.03 bits per heavy atom. The summed E-state index contributed by atoms with van der Waals surface area (Å²) in [6, 6.07) is 16.0. The van der Waals surface area contributed by atoms with E-state index in [2.05, 4.69) is 20.0 Å². The molecule has 0 radical (unpaired) electrons. The SMILES string of the molecule is CN(CCOCCO)c1ccc(-c2cc(-c3nc(-c4ccc(S(C)(=O)=O)cc4)cnc3N)on2)cc1. The number of aromatic nitrogens is 3. The van der Waals surface area contributed by atoms with Crippen molar-refractivity contribution in [2.24, 2.45) is 0 Å². The van der Waals surface area contributed by atoms with Crippen molar-refractivity contribution in [2.45, 2.75) is 4.90 Å². The fourth-order valence-corrected chi connectivity index (χ4v) is 4.13. The number of rotatable bonds is 10. The maximum Gasteiger partial charge on any atom is 0.189 e. The number of anilines is 2. The molecule has 188 valence electrons. The fourth-order valence-electron chi connectivity index (χ4n) is 3.50. The maximum absolute atomic E-state index is 11.7. The minimum atomic E-state index is -3.29. The van der Waals surface area contributed by atoms with Gasteiger partial charge in [-0.2, -0.15) is 0 Å². The van der Waals surface area contributed by atoms with E-state index in [1.54, 1.807) is 18.2 Å². The van der Waals surface area contributed by atoms with Crippen molar-refractivity contribution in [1.82, 2.24) is 15.1 Å². The molecule has 0 saturated heterocycles. The Morgan fingerprint density at radius 3 is 2.36 bits per heavy atom. The minimum Gasteiger partial charge on any atom is -0.394 e. The summed E-state index contributed by atoms with van der Waals surface area (Å²) in [6.45, 7) is 1.56. The molecule has 2 heterocycles. The minimum absolute atomic E-state index is 0.0120. The number of nitrogens with zero attached hydrogens (tertiary/aromatic N) is 4. The number of benzene rings is 2. The number of nitrogens with two attached hydrogens (primary N) is 1. The number of nitrogen functional groups attached to an aromatic ring is 1. The van der Waals surface area contributed by atoms with E-state index < -0.39 is 9.84 Å². The van der Waals surface area contributed by atoms with Gasteiger partial charge in [0.15, 0.2) is 27.1 Å². The molecule has 0 amide bonds. The molecule has 0 aliphatic rings. The van der Waals surface area contributed by atoms with Gasteiger partial charge in [0.1, 0.15) is 5.69 Å². The molecule has 10 nitrogen and oxygen atoms in total. The van der Waals surface area contributed by atoms with Crippen molar-refractivity contribution in [3.05, 3.63) is 60.8 Å². The molecule has 0 fully saturated rings. The molecular formula is C25H27N5O5S. The highest BCUT2D eigenvalue weighted by atomic mass is 32.2. The van der Waals surface area contributed by atoms with Crippen LogP contribution in [0.1, 0.15) is 0 Å². The molecule has 0 unspecified atom stereocenters. The summed E-state index contributed by atoms with van der Waals surface area (Å²) in [5.74, 6) is 0.557. The van der Waals surface area contributed by atoms with Gasteiger partial charge in [0.05, 0.1) is 36.6 Å². The summed E-state index contributed by atoms with van der Waals surface area (Å²) in [5.41, 5.74) is 10.1.